The number of rotatable bonds is 3. The van der Waals surface area contributed by atoms with Crippen LogP contribution in [0, 0.1) is 0 Å². The van der Waals surface area contributed by atoms with Crippen molar-refractivity contribution in [2.75, 3.05) is 7.11 Å². The molecule has 2 rings (SSSR count). The third-order valence-electron chi connectivity index (χ3n) is 2.23. The highest BCUT2D eigenvalue weighted by Gasteiger charge is 2.10. The summed E-state index contributed by atoms with van der Waals surface area (Å²) in [4.78, 5) is 26.1. The Morgan fingerprint density at radius 1 is 1.39 bits per heavy atom. The molecule has 0 radical (unpaired) electrons. The average molecular weight is 247 g/mol. The van der Waals surface area contributed by atoms with Gasteiger partial charge in [0.1, 0.15) is 0 Å². The van der Waals surface area contributed by atoms with E-state index in [1.807, 2.05) is 0 Å². The van der Waals surface area contributed by atoms with E-state index in [-0.39, 0.29) is 5.56 Å². The average Bonchev–Trinajstić information content (AvgIpc) is 2.88. The fourth-order valence-corrected chi connectivity index (χ4v) is 1.35. The Labute approximate surface area is 102 Å². The minimum absolute atomic E-state index is 0.0419. The second-order valence-electron chi connectivity index (χ2n) is 3.37. The van der Waals surface area contributed by atoms with Crippen LogP contribution in [-0.4, -0.2) is 38.9 Å². The van der Waals surface area contributed by atoms with Crippen LogP contribution in [0.25, 0.3) is 5.82 Å². The molecule has 0 aliphatic rings. The molecule has 2 heterocycles. The lowest BCUT2D eigenvalue weighted by Crippen LogP contribution is -2.05. The Hall–Kier alpha value is -2.70. The first-order valence-electron chi connectivity index (χ1n) is 4.94. The second-order valence-corrected chi connectivity index (χ2v) is 3.37. The molecule has 7 nitrogen and oxygen atoms in total. The van der Waals surface area contributed by atoms with Gasteiger partial charge in [0.15, 0.2) is 5.82 Å². The summed E-state index contributed by atoms with van der Waals surface area (Å²) in [5.41, 5.74) is 0.357. The smallest absolute Gasteiger partial charge is 0.338 e. The molecule has 18 heavy (non-hydrogen) atoms. The molecular weight excluding hydrogens is 238 g/mol. The standard InChI is InChI=1S/C11H9N3O4/c1-18-11(17)7-2-3-12-9(4-7)14-6-8(5-13-14)10(15)16/h2-6H,1H3,(H,15,16). The number of methoxy groups -OCH3 is 1. The number of carbonyl (C=O) groups excluding carboxylic acids is 1. The van der Waals surface area contributed by atoms with E-state index in [0.29, 0.717) is 11.4 Å². The summed E-state index contributed by atoms with van der Waals surface area (Å²) in [6.07, 6.45) is 3.93. The summed E-state index contributed by atoms with van der Waals surface area (Å²) in [5.74, 6) is -1.24. The molecule has 0 fully saturated rings. The molecule has 1 N–H and O–H groups in total. The summed E-state index contributed by atoms with van der Waals surface area (Å²) < 4.78 is 5.85. The zero-order chi connectivity index (χ0) is 13.1. The molecular formula is C11H9N3O4. The van der Waals surface area contributed by atoms with Crippen LogP contribution >= 0.6 is 0 Å². The van der Waals surface area contributed by atoms with E-state index in [4.69, 9.17) is 5.11 Å². The molecule has 0 saturated carbocycles. The number of carbonyl (C=O) groups is 2. The van der Waals surface area contributed by atoms with Crippen molar-refractivity contribution in [3.05, 3.63) is 41.9 Å². The van der Waals surface area contributed by atoms with Gasteiger partial charge in [0.05, 0.1) is 24.4 Å². The van der Waals surface area contributed by atoms with Gasteiger partial charge in [-0.15, -0.1) is 0 Å². The first kappa shape index (κ1) is 11.8. The minimum atomic E-state index is -1.08. The third kappa shape index (κ3) is 2.19. The van der Waals surface area contributed by atoms with Crippen molar-refractivity contribution in [2.45, 2.75) is 0 Å². The first-order chi connectivity index (χ1) is 8.61. The van der Waals surface area contributed by atoms with Crippen molar-refractivity contribution >= 4 is 11.9 Å². The van der Waals surface area contributed by atoms with Crippen molar-refractivity contribution in [3.63, 3.8) is 0 Å². The molecule has 0 amide bonds. The quantitative estimate of drug-likeness (QED) is 0.804. The largest absolute Gasteiger partial charge is 0.478 e. The molecule has 0 saturated heterocycles. The van der Waals surface area contributed by atoms with Crippen LogP contribution in [0.1, 0.15) is 20.7 Å². The molecule has 0 bridgehead atoms. The predicted octanol–water partition coefficient (Wildman–Crippen LogP) is 0.752. The van der Waals surface area contributed by atoms with Gasteiger partial charge < -0.3 is 9.84 Å². The lowest BCUT2D eigenvalue weighted by molar-refractivity contribution is 0.0599. The highest BCUT2D eigenvalue weighted by atomic mass is 16.5. The Bertz CT molecular complexity index is 606. The van der Waals surface area contributed by atoms with Crippen molar-refractivity contribution in [2.24, 2.45) is 0 Å². The Morgan fingerprint density at radius 2 is 2.17 bits per heavy atom. The van der Waals surface area contributed by atoms with Gasteiger partial charge in [-0.1, -0.05) is 0 Å². The molecule has 0 atom stereocenters. The zero-order valence-corrected chi connectivity index (χ0v) is 9.40. The lowest BCUT2D eigenvalue weighted by atomic mass is 10.2. The number of carboxylic acids is 1. The number of nitrogens with zero attached hydrogens (tertiary/aromatic N) is 3. The normalized spacial score (nSPS) is 10.1. The van der Waals surface area contributed by atoms with Crippen LogP contribution in [0.3, 0.4) is 0 Å². The number of aromatic carboxylic acids is 1. The fourth-order valence-electron chi connectivity index (χ4n) is 1.35. The van der Waals surface area contributed by atoms with Crippen molar-refractivity contribution < 1.29 is 19.4 Å². The van der Waals surface area contributed by atoms with E-state index in [1.54, 1.807) is 0 Å². The molecule has 2 aromatic rings. The van der Waals surface area contributed by atoms with Crippen LogP contribution in [0.2, 0.25) is 0 Å². The molecule has 0 aromatic carbocycles. The molecule has 0 unspecified atom stereocenters. The lowest BCUT2D eigenvalue weighted by Gasteiger charge is -2.02. The summed E-state index contributed by atoms with van der Waals surface area (Å²) >= 11 is 0. The molecule has 92 valence electrons. The highest BCUT2D eigenvalue weighted by Crippen LogP contribution is 2.09. The van der Waals surface area contributed by atoms with Crippen molar-refractivity contribution in [1.82, 2.24) is 14.8 Å². The third-order valence-corrected chi connectivity index (χ3v) is 2.23. The van der Waals surface area contributed by atoms with E-state index < -0.39 is 11.9 Å². The van der Waals surface area contributed by atoms with E-state index in [1.165, 1.54) is 42.5 Å². The van der Waals surface area contributed by atoms with Crippen LogP contribution < -0.4 is 0 Å². The first-order valence-corrected chi connectivity index (χ1v) is 4.94. The number of carboxylic acid groups (broad SMARTS) is 1. The minimum Gasteiger partial charge on any atom is -0.478 e. The van der Waals surface area contributed by atoms with Gasteiger partial charge >= 0.3 is 11.9 Å². The number of esters is 1. The van der Waals surface area contributed by atoms with E-state index >= 15 is 0 Å². The number of hydrogen-bond donors (Lipinski definition) is 1. The maximum Gasteiger partial charge on any atom is 0.338 e. The topological polar surface area (TPSA) is 94.3 Å². The van der Waals surface area contributed by atoms with Crippen molar-refractivity contribution in [1.29, 1.82) is 0 Å². The maximum atomic E-state index is 11.3. The molecule has 0 aliphatic heterocycles. The SMILES string of the molecule is COC(=O)c1ccnc(-n2cc(C(=O)O)cn2)c1. The molecule has 2 aromatic heterocycles. The van der Waals surface area contributed by atoms with Crippen LogP contribution in [0.4, 0.5) is 0 Å². The van der Waals surface area contributed by atoms with Crippen molar-refractivity contribution in [3.8, 4) is 5.82 Å². The Morgan fingerprint density at radius 3 is 2.78 bits per heavy atom. The van der Waals surface area contributed by atoms with Gasteiger partial charge in [-0.2, -0.15) is 5.10 Å². The number of pyridine rings is 1. The van der Waals surface area contributed by atoms with Crippen LogP contribution in [-0.2, 0) is 4.74 Å². The number of ether oxygens (including phenoxy) is 1. The van der Waals surface area contributed by atoms with E-state index in [9.17, 15) is 9.59 Å². The maximum absolute atomic E-state index is 11.3. The predicted molar refractivity (Wildman–Crippen MR) is 59.7 cm³/mol. The zero-order valence-electron chi connectivity index (χ0n) is 9.40. The van der Waals surface area contributed by atoms with Gasteiger partial charge in [-0.05, 0) is 12.1 Å². The molecule has 7 heteroatoms. The van der Waals surface area contributed by atoms with Gasteiger partial charge in [0.25, 0.3) is 0 Å². The monoisotopic (exact) mass is 247 g/mol. The fraction of sp³-hybridized carbons (Fsp3) is 0.0909. The second kappa shape index (κ2) is 4.66. The molecule has 0 spiro atoms. The summed E-state index contributed by atoms with van der Waals surface area (Å²) in [5, 5.41) is 12.6. The summed E-state index contributed by atoms with van der Waals surface area (Å²) in [6.45, 7) is 0. The van der Waals surface area contributed by atoms with Gasteiger partial charge in [0.2, 0.25) is 0 Å². The van der Waals surface area contributed by atoms with Crippen LogP contribution in [0.15, 0.2) is 30.7 Å². The molecule has 0 aliphatic carbocycles. The van der Waals surface area contributed by atoms with E-state index in [0.717, 1.165) is 0 Å². The Balaban J connectivity index is 2.38. The number of hydrogen-bond acceptors (Lipinski definition) is 5. The van der Waals surface area contributed by atoms with Gasteiger partial charge in [0, 0.05) is 12.4 Å². The summed E-state index contributed by atoms with van der Waals surface area (Å²) in [7, 11) is 1.28. The van der Waals surface area contributed by atoms with Gasteiger partial charge in [-0.25, -0.2) is 19.3 Å². The highest BCUT2D eigenvalue weighted by molar-refractivity contribution is 5.89. The summed E-state index contributed by atoms with van der Waals surface area (Å²) in [6, 6.07) is 2.96. The Kier molecular flexibility index (Phi) is 3.05. The van der Waals surface area contributed by atoms with Crippen LogP contribution in [0.5, 0.6) is 0 Å². The van der Waals surface area contributed by atoms with E-state index in [2.05, 4.69) is 14.8 Å². The number of aromatic nitrogens is 3. The van der Waals surface area contributed by atoms with Gasteiger partial charge in [-0.3, -0.25) is 0 Å².